The van der Waals surface area contributed by atoms with E-state index in [0.29, 0.717) is 6.61 Å². The molecule has 166 valence electrons. The Morgan fingerprint density at radius 2 is 2.09 bits per heavy atom. The Balaban J connectivity index is 1.44. The van der Waals surface area contributed by atoms with Crippen molar-refractivity contribution in [2.24, 2.45) is 0 Å². The van der Waals surface area contributed by atoms with E-state index in [1.54, 1.807) is 37.4 Å². The quantitative estimate of drug-likeness (QED) is 0.481. The molecule has 0 bridgehead atoms. The Morgan fingerprint density at radius 1 is 1.25 bits per heavy atom. The van der Waals surface area contributed by atoms with E-state index in [0.717, 1.165) is 51.4 Å². The molecule has 7 heteroatoms. The van der Waals surface area contributed by atoms with Gasteiger partial charge in [-0.05, 0) is 29.1 Å². The van der Waals surface area contributed by atoms with Crippen LogP contribution in [0.5, 0.6) is 5.75 Å². The average molecular weight is 450 g/mol. The second kappa shape index (κ2) is 8.58. The average Bonchev–Trinajstić information content (AvgIpc) is 3.39. The lowest BCUT2D eigenvalue weighted by Crippen LogP contribution is -2.38. The van der Waals surface area contributed by atoms with Crippen molar-refractivity contribution in [2.45, 2.75) is 12.6 Å². The van der Waals surface area contributed by atoms with Crippen molar-refractivity contribution in [3.8, 4) is 5.75 Å². The predicted molar refractivity (Wildman–Crippen MR) is 129 cm³/mol. The number of thiophene rings is 1. The van der Waals surface area contributed by atoms with Gasteiger partial charge in [0, 0.05) is 67.2 Å². The summed E-state index contributed by atoms with van der Waals surface area (Å²) in [4.78, 5) is 21.2. The molecule has 0 saturated carbocycles. The molecule has 1 aliphatic rings. The van der Waals surface area contributed by atoms with Crippen LogP contribution in [0.4, 0.5) is 0 Å². The second-order valence-corrected chi connectivity index (χ2v) is 9.41. The molecule has 0 unspecified atom stereocenters. The summed E-state index contributed by atoms with van der Waals surface area (Å²) in [7, 11) is 5.29. The van der Waals surface area contributed by atoms with E-state index in [4.69, 9.17) is 9.47 Å². The number of carbonyl (C=O) groups is 1. The monoisotopic (exact) mass is 449 g/mol. The fourth-order valence-electron chi connectivity index (χ4n) is 4.43. The van der Waals surface area contributed by atoms with Crippen molar-refractivity contribution in [1.82, 2.24) is 14.8 Å². The van der Waals surface area contributed by atoms with E-state index in [9.17, 15) is 4.79 Å². The molecule has 2 aromatic carbocycles. The van der Waals surface area contributed by atoms with E-state index in [1.807, 2.05) is 24.3 Å². The number of hydrogen-bond acceptors (Lipinski definition) is 5. The molecule has 6 nitrogen and oxygen atoms in total. The standard InChI is InChI=1S/C25H27N3O3S/c1-27(2)25(29)24-23(19-6-4-5-7-22(19)32-24)21-15-28(10-11-31-21)14-16-13-26-20-12-17(30-3)8-9-18(16)20/h4-9,12-13,21,26H,10-11,14-15H2,1-3H3/t21-/m1/s1. The maximum atomic E-state index is 13.0. The van der Waals surface area contributed by atoms with Gasteiger partial charge < -0.3 is 19.4 Å². The molecule has 4 aromatic rings. The minimum absolute atomic E-state index is 0.0347. The highest BCUT2D eigenvalue weighted by molar-refractivity contribution is 7.21. The zero-order valence-corrected chi connectivity index (χ0v) is 19.4. The summed E-state index contributed by atoms with van der Waals surface area (Å²) >= 11 is 1.56. The smallest absolute Gasteiger partial charge is 0.263 e. The lowest BCUT2D eigenvalue weighted by Gasteiger charge is -2.33. The van der Waals surface area contributed by atoms with Crippen LogP contribution in [0.3, 0.4) is 0 Å². The lowest BCUT2D eigenvalue weighted by molar-refractivity contribution is -0.0322. The third kappa shape index (κ3) is 3.77. The largest absolute Gasteiger partial charge is 0.497 e. The number of aromatic nitrogens is 1. The highest BCUT2D eigenvalue weighted by Gasteiger charge is 2.30. The number of fused-ring (bicyclic) bond motifs is 2. The molecule has 2 aromatic heterocycles. The van der Waals surface area contributed by atoms with Crippen LogP contribution in [0.2, 0.25) is 0 Å². The molecule has 0 radical (unpaired) electrons. The Hall–Kier alpha value is -2.87. The number of nitrogens with zero attached hydrogens (tertiary/aromatic N) is 2. The molecule has 1 N–H and O–H groups in total. The zero-order valence-electron chi connectivity index (χ0n) is 18.6. The first-order chi connectivity index (χ1) is 15.5. The number of rotatable bonds is 5. The van der Waals surface area contributed by atoms with E-state index in [1.165, 1.54) is 10.9 Å². The minimum Gasteiger partial charge on any atom is -0.497 e. The van der Waals surface area contributed by atoms with E-state index >= 15 is 0 Å². The number of benzene rings is 2. The molecule has 0 aliphatic carbocycles. The van der Waals surface area contributed by atoms with Crippen molar-refractivity contribution >= 4 is 38.2 Å². The molecule has 32 heavy (non-hydrogen) atoms. The summed E-state index contributed by atoms with van der Waals surface area (Å²) < 4.78 is 12.7. The second-order valence-electron chi connectivity index (χ2n) is 8.36. The van der Waals surface area contributed by atoms with E-state index in [2.05, 4.69) is 34.3 Å². The molecular formula is C25H27N3O3S. The number of methoxy groups -OCH3 is 1. The number of amides is 1. The van der Waals surface area contributed by atoms with Gasteiger partial charge >= 0.3 is 0 Å². The van der Waals surface area contributed by atoms with Crippen LogP contribution in [0, 0.1) is 0 Å². The van der Waals surface area contributed by atoms with Crippen LogP contribution in [0.15, 0.2) is 48.7 Å². The molecule has 1 fully saturated rings. The van der Waals surface area contributed by atoms with Gasteiger partial charge in [-0.2, -0.15) is 0 Å². The van der Waals surface area contributed by atoms with Gasteiger partial charge in [-0.3, -0.25) is 9.69 Å². The van der Waals surface area contributed by atoms with Gasteiger partial charge in [0.1, 0.15) is 5.75 Å². The van der Waals surface area contributed by atoms with Gasteiger partial charge in [-0.25, -0.2) is 0 Å². The first kappa shape index (κ1) is 21.0. The predicted octanol–water partition coefficient (Wildman–Crippen LogP) is 4.67. The van der Waals surface area contributed by atoms with Crippen LogP contribution in [-0.2, 0) is 11.3 Å². The van der Waals surface area contributed by atoms with Crippen LogP contribution in [-0.4, -0.2) is 61.6 Å². The number of H-pyrrole nitrogens is 1. The number of nitrogens with one attached hydrogen (secondary N) is 1. The third-order valence-electron chi connectivity index (χ3n) is 6.08. The number of morpholine rings is 1. The zero-order chi connectivity index (χ0) is 22.2. The maximum Gasteiger partial charge on any atom is 0.263 e. The summed E-state index contributed by atoms with van der Waals surface area (Å²) in [6, 6.07) is 14.4. The van der Waals surface area contributed by atoms with Gasteiger partial charge in [-0.1, -0.05) is 18.2 Å². The first-order valence-electron chi connectivity index (χ1n) is 10.8. The number of carbonyl (C=O) groups excluding carboxylic acids is 1. The Labute approximate surface area is 191 Å². The van der Waals surface area contributed by atoms with Gasteiger partial charge in [0.15, 0.2) is 0 Å². The number of hydrogen-bond donors (Lipinski definition) is 1. The SMILES string of the molecule is COc1ccc2c(CN3CCO[C@@H](c4c(C(=O)N(C)C)sc5ccccc45)C3)c[nH]c2c1. The number of ether oxygens (including phenoxy) is 2. The van der Waals surface area contributed by atoms with Gasteiger partial charge in [0.05, 0.1) is 24.7 Å². The van der Waals surface area contributed by atoms with Gasteiger partial charge in [0.2, 0.25) is 0 Å². The molecule has 1 amide bonds. The van der Waals surface area contributed by atoms with E-state index < -0.39 is 0 Å². The molecule has 1 aliphatic heterocycles. The first-order valence-corrected chi connectivity index (χ1v) is 11.6. The molecule has 1 saturated heterocycles. The molecule has 0 spiro atoms. The topological polar surface area (TPSA) is 57.8 Å². The van der Waals surface area contributed by atoms with Crippen LogP contribution in [0.1, 0.15) is 26.9 Å². The van der Waals surface area contributed by atoms with Crippen LogP contribution >= 0.6 is 11.3 Å². The van der Waals surface area contributed by atoms with Crippen molar-refractivity contribution in [1.29, 1.82) is 0 Å². The maximum absolute atomic E-state index is 13.0. The van der Waals surface area contributed by atoms with Crippen molar-refractivity contribution in [2.75, 3.05) is 40.9 Å². The van der Waals surface area contributed by atoms with Crippen LogP contribution < -0.4 is 4.74 Å². The Kier molecular flexibility index (Phi) is 5.63. The molecular weight excluding hydrogens is 422 g/mol. The molecule has 1 atom stereocenters. The fraction of sp³-hybridized carbons (Fsp3) is 0.320. The van der Waals surface area contributed by atoms with Gasteiger partial charge in [-0.15, -0.1) is 11.3 Å². The van der Waals surface area contributed by atoms with Crippen molar-refractivity contribution < 1.29 is 14.3 Å². The molecule has 5 rings (SSSR count). The fourth-order valence-corrected chi connectivity index (χ4v) is 5.71. The summed E-state index contributed by atoms with van der Waals surface area (Å²) in [6.45, 7) is 3.07. The summed E-state index contributed by atoms with van der Waals surface area (Å²) in [5, 5.41) is 2.33. The van der Waals surface area contributed by atoms with Crippen molar-refractivity contribution in [3.63, 3.8) is 0 Å². The highest BCUT2D eigenvalue weighted by Crippen LogP contribution is 2.39. The Morgan fingerprint density at radius 3 is 2.91 bits per heavy atom. The minimum atomic E-state index is -0.135. The highest BCUT2D eigenvalue weighted by atomic mass is 32.1. The van der Waals surface area contributed by atoms with Gasteiger partial charge in [0.25, 0.3) is 5.91 Å². The third-order valence-corrected chi connectivity index (χ3v) is 7.25. The molecule has 3 heterocycles. The van der Waals surface area contributed by atoms with Crippen molar-refractivity contribution in [3.05, 3.63) is 64.7 Å². The summed E-state index contributed by atoms with van der Waals surface area (Å²) in [5.41, 5.74) is 3.35. The lowest BCUT2D eigenvalue weighted by atomic mass is 10.0. The Bertz CT molecular complexity index is 1280. The van der Waals surface area contributed by atoms with Crippen LogP contribution in [0.25, 0.3) is 21.0 Å². The van der Waals surface area contributed by atoms with E-state index in [-0.39, 0.29) is 12.0 Å². The summed E-state index contributed by atoms with van der Waals surface area (Å²) in [6.07, 6.45) is 1.94. The normalized spacial score (nSPS) is 17.2. The number of aromatic amines is 1. The summed E-state index contributed by atoms with van der Waals surface area (Å²) in [5.74, 6) is 0.882.